The van der Waals surface area contributed by atoms with E-state index in [1.54, 1.807) is 0 Å². The van der Waals surface area contributed by atoms with Crippen molar-refractivity contribution < 1.29 is 0 Å². The van der Waals surface area contributed by atoms with Crippen LogP contribution in [0.1, 0.15) is 12.5 Å². The molecule has 0 unspecified atom stereocenters. The first-order valence-corrected chi connectivity index (χ1v) is 4.58. The molecule has 68 valence electrons. The van der Waals surface area contributed by atoms with Crippen molar-refractivity contribution in [2.45, 2.75) is 13.8 Å². The molecule has 0 bridgehead atoms. The van der Waals surface area contributed by atoms with Gasteiger partial charge in [-0.2, -0.15) is 0 Å². The van der Waals surface area contributed by atoms with E-state index < -0.39 is 0 Å². The number of aryl methyl sites for hydroxylation is 1. The maximum Gasteiger partial charge on any atom is 0.106 e. The molecule has 1 N–H and O–H groups in total. The highest BCUT2D eigenvalue weighted by atomic mass is 32.1. The topological polar surface area (TPSA) is 15.8 Å². The molecule has 2 heteroatoms. The summed E-state index contributed by atoms with van der Waals surface area (Å²) in [5.74, 6) is 0. The first-order valence-electron chi connectivity index (χ1n) is 4.17. The zero-order chi connectivity index (χ0) is 9.84. The first kappa shape index (κ1) is 9.93. The van der Waals surface area contributed by atoms with Gasteiger partial charge in [-0.3, -0.25) is 0 Å². The van der Waals surface area contributed by atoms with Crippen molar-refractivity contribution in [3.8, 4) is 0 Å². The fourth-order valence-corrected chi connectivity index (χ4v) is 1.22. The van der Waals surface area contributed by atoms with E-state index in [1.165, 1.54) is 0 Å². The fraction of sp³-hybridized carbons (Fsp3) is 0.182. The van der Waals surface area contributed by atoms with Crippen LogP contribution in [0.4, 0.5) is 0 Å². The van der Waals surface area contributed by atoms with Gasteiger partial charge in [0.25, 0.3) is 0 Å². The number of hydrogen-bond acceptors (Lipinski definition) is 1. The van der Waals surface area contributed by atoms with Crippen LogP contribution in [0.15, 0.2) is 18.2 Å². The lowest BCUT2D eigenvalue weighted by molar-refractivity contribution is 1.16. The molecule has 0 aliphatic heterocycles. The SMILES string of the molecule is C=c1cc(C)c(=S)[nH]/c1=C/C=C\C. The third-order valence-electron chi connectivity index (χ3n) is 1.80. The normalized spacial score (nSPS) is 12.6. The molecule has 0 aliphatic rings. The standard InChI is InChI=1S/C11H13NS/c1-4-5-6-10-8(2)7-9(3)11(13)12-10/h4-7H,2H2,1,3H3,(H,12,13)/b5-4-,10-6+. The number of pyridine rings is 1. The summed E-state index contributed by atoms with van der Waals surface area (Å²) in [6.07, 6.45) is 5.90. The van der Waals surface area contributed by atoms with Gasteiger partial charge >= 0.3 is 0 Å². The molecule has 0 amide bonds. The summed E-state index contributed by atoms with van der Waals surface area (Å²) >= 11 is 5.12. The van der Waals surface area contributed by atoms with Crippen LogP contribution in [0.25, 0.3) is 12.7 Å². The number of nitrogens with one attached hydrogen (secondary N) is 1. The Bertz CT molecular complexity index is 480. The smallest absolute Gasteiger partial charge is 0.106 e. The predicted octanol–water partition coefficient (Wildman–Crippen LogP) is 1.82. The molecule has 0 spiro atoms. The Morgan fingerprint density at radius 3 is 2.85 bits per heavy atom. The van der Waals surface area contributed by atoms with E-state index in [0.717, 1.165) is 20.8 Å². The highest BCUT2D eigenvalue weighted by Crippen LogP contribution is 1.88. The van der Waals surface area contributed by atoms with Crippen molar-refractivity contribution >= 4 is 24.9 Å². The molecule has 0 atom stereocenters. The van der Waals surface area contributed by atoms with Gasteiger partial charge in [0.2, 0.25) is 0 Å². The van der Waals surface area contributed by atoms with Crippen LogP contribution in [-0.4, -0.2) is 4.98 Å². The van der Waals surface area contributed by atoms with Crippen LogP contribution < -0.4 is 10.6 Å². The van der Waals surface area contributed by atoms with Crippen LogP contribution in [0, 0.1) is 11.6 Å². The average molecular weight is 191 g/mol. The predicted molar refractivity (Wildman–Crippen MR) is 60.4 cm³/mol. The molecular formula is C11H13NS. The van der Waals surface area contributed by atoms with Gasteiger partial charge in [0.05, 0.1) is 0 Å². The third-order valence-corrected chi connectivity index (χ3v) is 2.22. The van der Waals surface area contributed by atoms with Crippen molar-refractivity contribution in [1.82, 2.24) is 4.98 Å². The van der Waals surface area contributed by atoms with Crippen LogP contribution in [0.5, 0.6) is 0 Å². The van der Waals surface area contributed by atoms with Gasteiger partial charge in [-0.05, 0) is 36.8 Å². The van der Waals surface area contributed by atoms with Gasteiger partial charge < -0.3 is 4.98 Å². The van der Waals surface area contributed by atoms with E-state index >= 15 is 0 Å². The van der Waals surface area contributed by atoms with Crippen LogP contribution in [0.2, 0.25) is 0 Å². The van der Waals surface area contributed by atoms with Crippen LogP contribution in [-0.2, 0) is 0 Å². The summed E-state index contributed by atoms with van der Waals surface area (Å²) in [7, 11) is 0. The van der Waals surface area contributed by atoms with Gasteiger partial charge in [-0.25, -0.2) is 0 Å². The van der Waals surface area contributed by atoms with E-state index in [9.17, 15) is 0 Å². The summed E-state index contributed by atoms with van der Waals surface area (Å²) < 4.78 is 0.781. The van der Waals surface area contributed by atoms with E-state index in [2.05, 4.69) is 11.6 Å². The Morgan fingerprint density at radius 1 is 1.54 bits per heavy atom. The lowest BCUT2D eigenvalue weighted by atomic mass is 10.2. The second kappa shape index (κ2) is 4.19. The molecule has 0 saturated carbocycles. The fourth-order valence-electron chi connectivity index (χ4n) is 1.05. The second-order valence-electron chi connectivity index (χ2n) is 2.91. The van der Waals surface area contributed by atoms with Gasteiger partial charge in [0.15, 0.2) is 0 Å². The van der Waals surface area contributed by atoms with Crippen molar-refractivity contribution in [3.63, 3.8) is 0 Å². The summed E-state index contributed by atoms with van der Waals surface area (Å²) in [5, 5.41) is 1.96. The molecule has 1 aromatic heterocycles. The summed E-state index contributed by atoms with van der Waals surface area (Å²) in [6, 6.07) is 1.99. The average Bonchev–Trinajstić information content (AvgIpc) is 2.09. The molecule has 1 aromatic rings. The quantitative estimate of drug-likeness (QED) is 0.669. The largest absolute Gasteiger partial charge is 0.346 e. The molecule has 0 aromatic carbocycles. The molecule has 0 fully saturated rings. The molecule has 1 nitrogen and oxygen atoms in total. The van der Waals surface area contributed by atoms with Crippen molar-refractivity contribution in [1.29, 1.82) is 0 Å². The zero-order valence-electron chi connectivity index (χ0n) is 7.92. The first-order chi connectivity index (χ1) is 6.15. The Balaban J connectivity index is 3.50. The Hall–Kier alpha value is -1.15. The Kier molecular flexibility index (Phi) is 3.20. The Morgan fingerprint density at radius 2 is 2.23 bits per heavy atom. The lowest BCUT2D eigenvalue weighted by Gasteiger charge is -1.93. The van der Waals surface area contributed by atoms with Crippen LogP contribution >= 0.6 is 12.2 Å². The molecular weight excluding hydrogens is 178 g/mol. The number of H-pyrrole nitrogens is 1. The van der Waals surface area contributed by atoms with Gasteiger partial charge in [-0.1, -0.05) is 30.9 Å². The number of rotatable bonds is 1. The Labute approximate surface area is 83.1 Å². The van der Waals surface area contributed by atoms with Gasteiger partial charge in [-0.15, -0.1) is 0 Å². The van der Waals surface area contributed by atoms with Crippen molar-refractivity contribution in [2.75, 3.05) is 0 Å². The summed E-state index contributed by atoms with van der Waals surface area (Å²) in [4.78, 5) is 3.12. The van der Waals surface area contributed by atoms with E-state index in [0.29, 0.717) is 0 Å². The zero-order valence-corrected chi connectivity index (χ0v) is 8.74. The minimum atomic E-state index is 0.781. The van der Waals surface area contributed by atoms with E-state index in [4.69, 9.17) is 12.2 Å². The molecule has 1 heterocycles. The molecule has 13 heavy (non-hydrogen) atoms. The second-order valence-corrected chi connectivity index (χ2v) is 3.32. The van der Waals surface area contributed by atoms with Crippen molar-refractivity contribution in [3.05, 3.63) is 39.0 Å². The number of aromatic amines is 1. The molecule has 0 saturated heterocycles. The highest BCUT2D eigenvalue weighted by molar-refractivity contribution is 7.71. The van der Waals surface area contributed by atoms with Gasteiger partial charge in [0.1, 0.15) is 4.64 Å². The summed E-state index contributed by atoms with van der Waals surface area (Å²) in [5.41, 5.74) is 1.07. The summed E-state index contributed by atoms with van der Waals surface area (Å²) in [6.45, 7) is 7.89. The number of allylic oxidation sites excluding steroid dienone is 2. The van der Waals surface area contributed by atoms with Gasteiger partial charge in [0, 0.05) is 5.35 Å². The number of hydrogen-bond donors (Lipinski definition) is 1. The maximum atomic E-state index is 5.12. The molecule has 1 rings (SSSR count). The third kappa shape index (κ3) is 2.39. The van der Waals surface area contributed by atoms with Crippen LogP contribution in [0.3, 0.4) is 0 Å². The van der Waals surface area contributed by atoms with Crippen molar-refractivity contribution in [2.24, 2.45) is 0 Å². The molecule has 0 aliphatic carbocycles. The lowest BCUT2D eigenvalue weighted by Crippen LogP contribution is -2.27. The van der Waals surface area contributed by atoms with E-state index in [1.807, 2.05) is 38.1 Å². The monoisotopic (exact) mass is 191 g/mol. The minimum absolute atomic E-state index is 0.781. The highest BCUT2D eigenvalue weighted by Gasteiger charge is 1.87. The maximum absolute atomic E-state index is 5.12. The van der Waals surface area contributed by atoms with E-state index in [-0.39, 0.29) is 0 Å². The minimum Gasteiger partial charge on any atom is -0.346 e. The number of aromatic nitrogens is 1. The molecule has 0 radical (unpaired) electrons.